The predicted octanol–water partition coefficient (Wildman–Crippen LogP) is 3.12. The molecule has 1 fully saturated rings. The predicted molar refractivity (Wildman–Crippen MR) is 75.4 cm³/mol. The van der Waals surface area contributed by atoms with Crippen LogP contribution in [0.25, 0.3) is 0 Å². The van der Waals surface area contributed by atoms with Gasteiger partial charge in [0, 0.05) is 6.54 Å². The van der Waals surface area contributed by atoms with Crippen LogP contribution in [0.2, 0.25) is 0 Å². The van der Waals surface area contributed by atoms with Gasteiger partial charge in [0.25, 0.3) is 5.09 Å². The van der Waals surface area contributed by atoms with Gasteiger partial charge < -0.3 is 9.74 Å². The average molecular weight is 272 g/mol. The molecule has 5 nitrogen and oxygen atoms in total. The van der Waals surface area contributed by atoms with Crippen LogP contribution in [0, 0.1) is 21.4 Å². The minimum atomic E-state index is -0.709. The summed E-state index contributed by atoms with van der Waals surface area (Å²) in [6, 6.07) is 0. The molecule has 5 heteroatoms. The Labute approximate surface area is 116 Å². The summed E-state index contributed by atoms with van der Waals surface area (Å²) >= 11 is 0. The van der Waals surface area contributed by atoms with E-state index in [1.54, 1.807) is 0 Å². The zero-order valence-electron chi connectivity index (χ0n) is 12.6. The Kier molecular flexibility index (Phi) is 6.55. The number of nitrogens with zero attached hydrogens (tertiary/aromatic N) is 2. The summed E-state index contributed by atoms with van der Waals surface area (Å²) in [6.45, 7) is 9.88. The third kappa shape index (κ3) is 8.03. The average Bonchev–Trinajstić information content (AvgIpc) is 2.29. The van der Waals surface area contributed by atoms with Crippen molar-refractivity contribution in [1.29, 1.82) is 0 Å². The van der Waals surface area contributed by atoms with E-state index in [-0.39, 0.29) is 6.61 Å². The van der Waals surface area contributed by atoms with Gasteiger partial charge in [-0.05, 0) is 43.7 Å². The molecule has 0 amide bonds. The fourth-order valence-corrected chi connectivity index (χ4v) is 2.66. The Morgan fingerprint density at radius 2 is 1.95 bits per heavy atom. The van der Waals surface area contributed by atoms with Gasteiger partial charge in [0.15, 0.2) is 0 Å². The summed E-state index contributed by atoms with van der Waals surface area (Å²) in [5, 5.41) is 9.35. The third-order valence-electron chi connectivity index (χ3n) is 3.85. The molecule has 0 atom stereocenters. The second kappa shape index (κ2) is 7.68. The SMILES string of the molecule is CC(C)(C)CCCC1CCN(CCO[N+](=O)[O-])CC1. The quantitative estimate of drug-likeness (QED) is 0.528. The number of rotatable bonds is 7. The number of hydrogen-bond acceptors (Lipinski definition) is 4. The first-order chi connectivity index (χ1) is 8.87. The molecule has 0 aromatic carbocycles. The maximum absolute atomic E-state index is 10.1. The Morgan fingerprint density at radius 3 is 2.47 bits per heavy atom. The molecule has 0 bridgehead atoms. The molecule has 1 heterocycles. The first kappa shape index (κ1) is 16.2. The van der Waals surface area contributed by atoms with Crippen LogP contribution in [0.15, 0.2) is 0 Å². The summed E-state index contributed by atoms with van der Waals surface area (Å²) in [5.41, 5.74) is 0.445. The van der Waals surface area contributed by atoms with Crippen LogP contribution in [0.4, 0.5) is 0 Å². The molecular formula is C14H28N2O3. The largest absolute Gasteiger partial charge is 0.313 e. The van der Waals surface area contributed by atoms with Crippen molar-refractivity contribution in [2.45, 2.75) is 52.9 Å². The first-order valence-electron chi connectivity index (χ1n) is 7.36. The normalized spacial score (nSPS) is 18.5. The van der Waals surface area contributed by atoms with Gasteiger partial charge in [-0.3, -0.25) is 0 Å². The smallest absolute Gasteiger partial charge is 0.294 e. The zero-order valence-corrected chi connectivity index (χ0v) is 12.6. The van der Waals surface area contributed by atoms with Crippen molar-refractivity contribution in [2.75, 3.05) is 26.2 Å². The van der Waals surface area contributed by atoms with Crippen molar-refractivity contribution in [3.63, 3.8) is 0 Å². The van der Waals surface area contributed by atoms with E-state index < -0.39 is 5.09 Å². The fourth-order valence-electron chi connectivity index (χ4n) is 2.66. The van der Waals surface area contributed by atoms with Crippen LogP contribution in [-0.4, -0.2) is 36.2 Å². The van der Waals surface area contributed by atoms with Crippen LogP contribution < -0.4 is 0 Å². The van der Waals surface area contributed by atoms with Gasteiger partial charge in [0.05, 0.1) is 0 Å². The molecule has 0 unspecified atom stereocenters. The van der Waals surface area contributed by atoms with Gasteiger partial charge in [0.2, 0.25) is 0 Å². The lowest BCUT2D eigenvalue weighted by atomic mass is 9.85. The molecule has 0 N–H and O–H groups in total. The van der Waals surface area contributed by atoms with Crippen molar-refractivity contribution in [1.82, 2.24) is 4.90 Å². The number of piperidine rings is 1. The summed E-state index contributed by atoms with van der Waals surface area (Å²) in [5.74, 6) is 0.843. The molecule has 1 saturated heterocycles. The second-order valence-corrected chi connectivity index (χ2v) is 6.79. The van der Waals surface area contributed by atoms with Gasteiger partial charge in [-0.25, -0.2) is 0 Å². The Morgan fingerprint density at radius 1 is 1.32 bits per heavy atom. The topological polar surface area (TPSA) is 55.6 Å². The molecule has 0 spiro atoms. The molecular weight excluding hydrogens is 244 g/mol. The second-order valence-electron chi connectivity index (χ2n) is 6.79. The van der Waals surface area contributed by atoms with E-state index in [4.69, 9.17) is 0 Å². The lowest BCUT2D eigenvalue weighted by molar-refractivity contribution is -0.757. The molecule has 0 radical (unpaired) electrons. The van der Waals surface area contributed by atoms with E-state index in [1.165, 1.54) is 32.1 Å². The molecule has 112 valence electrons. The summed E-state index contributed by atoms with van der Waals surface area (Å²) in [6.07, 6.45) is 6.39. The van der Waals surface area contributed by atoms with E-state index in [0.717, 1.165) is 19.0 Å². The standard InChI is InChI=1S/C14H28N2O3/c1-14(2,3)8-4-5-13-6-9-15(10-7-13)11-12-19-16(17)18/h13H,4-12H2,1-3H3. The number of likely N-dealkylation sites (tertiary alicyclic amines) is 1. The van der Waals surface area contributed by atoms with Crippen LogP contribution in [-0.2, 0) is 4.84 Å². The van der Waals surface area contributed by atoms with Gasteiger partial charge in [-0.1, -0.05) is 33.6 Å². The van der Waals surface area contributed by atoms with Gasteiger partial charge >= 0.3 is 0 Å². The van der Waals surface area contributed by atoms with Gasteiger partial charge in [-0.15, -0.1) is 10.1 Å². The van der Waals surface area contributed by atoms with Crippen molar-refractivity contribution < 1.29 is 9.92 Å². The van der Waals surface area contributed by atoms with Crippen molar-refractivity contribution in [3.05, 3.63) is 10.1 Å². The monoisotopic (exact) mass is 272 g/mol. The van der Waals surface area contributed by atoms with E-state index in [1.807, 2.05) is 0 Å². The van der Waals surface area contributed by atoms with Crippen LogP contribution >= 0.6 is 0 Å². The highest BCUT2D eigenvalue weighted by Gasteiger charge is 2.19. The molecule has 0 aromatic rings. The van der Waals surface area contributed by atoms with Crippen molar-refractivity contribution >= 4 is 0 Å². The molecule has 0 aromatic heterocycles. The highest BCUT2D eigenvalue weighted by molar-refractivity contribution is 4.73. The Hall–Kier alpha value is -0.840. The minimum Gasteiger partial charge on any atom is -0.313 e. The van der Waals surface area contributed by atoms with E-state index >= 15 is 0 Å². The van der Waals surface area contributed by atoms with Crippen LogP contribution in [0.5, 0.6) is 0 Å². The lowest BCUT2D eigenvalue weighted by Crippen LogP contribution is -2.36. The first-order valence-corrected chi connectivity index (χ1v) is 7.36. The molecule has 1 rings (SSSR count). The zero-order chi connectivity index (χ0) is 14.3. The minimum absolute atomic E-state index is 0.196. The molecule has 1 aliphatic heterocycles. The van der Waals surface area contributed by atoms with E-state index in [0.29, 0.717) is 12.0 Å². The maximum Gasteiger partial charge on any atom is 0.294 e. The highest BCUT2D eigenvalue weighted by Crippen LogP contribution is 2.27. The summed E-state index contributed by atoms with van der Waals surface area (Å²) in [4.78, 5) is 16.7. The molecule has 0 aliphatic carbocycles. The summed E-state index contributed by atoms with van der Waals surface area (Å²) < 4.78 is 0. The van der Waals surface area contributed by atoms with E-state index in [2.05, 4.69) is 30.5 Å². The van der Waals surface area contributed by atoms with Gasteiger partial charge in [-0.2, -0.15) is 0 Å². The highest BCUT2D eigenvalue weighted by atomic mass is 16.9. The number of hydrogen-bond donors (Lipinski definition) is 0. The maximum atomic E-state index is 10.1. The molecule has 0 saturated carbocycles. The lowest BCUT2D eigenvalue weighted by Gasteiger charge is -2.32. The Bertz CT molecular complexity index is 268. The fraction of sp³-hybridized carbons (Fsp3) is 1.00. The van der Waals surface area contributed by atoms with Crippen LogP contribution in [0.1, 0.15) is 52.9 Å². The van der Waals surface area contributed by atoms with Crippen molar-refractivity contribution in [2.24, 2.45) is 11.3 Å². The third-order valence-corrected chi connectivity index (χ3v) is 3.85. The van der Waals surface area contributed by atoms with Crippen molar-refractivity contribution in [3.8, 4) is 0 Å². The Balaban J connectivity index is 2.07. The van der Waals surface area contributed by atoms with E-state index in [9.17, 15) is 10.1 Å². The molecule has 19 heavy (non-hydrogen) atoms. The van der Waals surface area contributed by atoms with Gasteiger partial charge in [0.1, 0.15) is 6.61 Å². The summed E-state index contributed by atoms with van der Waals surface area (Å²) in [7, 11) is 0. The van der Waals surface area contributed by atoms with Crippen LogP contribution in [0.3, 0.4) is 0 Å². The molecule has 1 aliphatic rings.